The highest BCUT2D eigenvalue weighted by molar-refractivity contribution is 5.92. The van der Waals surface area contributed by atoms with Crippen LogP contribution in [0.4, 0.5) is 0 Å². The predicted molar refractivity (Wildman–Crippen MR) is 71.9 cm³/mol. The molecule has 0 aromatic carbocycles. The number of H-pyrrole nitrogens is 1. The van der Waals surface area contributed by atoms with Crippen molar-refractivity contribution >= 4 is 11.9 Å². The number of amides is 1. The smallest absolute Gasteiger partial charge is 0.339 e. The van der Waals surface area contributed by atoms with Crippen LogP contribution in [-0.2, 0) is 0 Å². The highest BCUT2D eigenvalue weighted by atomic mass is 16.4. The number of nitrogens with one attached hydrogen (secondary N) is 1. The van der Waals surface area contributed by atoms with Gasteiger partial charge in [-0.2, -0.15) is 5.10 Å². The molecule has 1 saturated heterocycles. The number of aromatic amines is 1. The van der Waals surface area contributed by atoms with Gasteiger partial charge >= 0.3 is 5.97 Å². The maximum atomic E-state index is 12.5. The zero-order valence-electron chi connectivity index (χ0n) is 11.3. The predicted octanol–water partition coefficient (Wildman–Crippen LogP) is 2.07. The molecule has 1 amide bonds. The van der Waals surface area contributed by atoms with Gasteiger partial charge in [-0.3, -0.25) is 9.89 Å². The number of carboxylic acids is 1. The molecule has 1 atom stereocenters. The average molecular weight is 289 g/mol. The van der Waals surface area contributed by atoms with Crippen molar-refractivity contribution in [2.24, 2.45) is 0 Å². The quantitative estimate of drug-likeness (QED) is 0.901. The Bertz CT molecular complexity index is 647. The Morgan fingerprint density at radius 2 is 2.29 bits per heavy atom. The number of piperidine rings is 1. The van der Waals surface area contributed by atoms with Crippen molar-refractivity contribution in [3.8, 4) is 0 Å². The third-order valence-corrected chi connectivity index (χ3v) is 3.73. The van der Waals surface area contributed by atoms with Gasteiger partial charge in [-0.25, -0.2) is 4.79 Å². The molecule has 7 nitrogen and oxygen atoms in total. The zero-order chi connectivity index (χ0) is 14.8. The Morgan fingerprint density at radius 1 is 1.43 bits per heavy atom. The number of hydrogen-bond donors (Lipinski definition) is 2. The summed E-state index contributed by atoms with van der Waals surface area (Å²) in [6.07, 6.45) is 5.26. The molecule has 21 heavy (non-hydrogen) atoms. The molecule has 110 valence electrons. The van der Waals surface area contributed by atoms with Crippen LogP contribution >= 0.6 is 0 Å². The maximum Gasteiger partial charge on any atom is 0.339 e. The molecule has 0 saturated carbocycles. The second kappa shape index (κ2) is 5.43. The first-order valence-corrected chi connectivity index (χ1v) is 6.79. The molecule has 1 unspecified atom stereocenters. The standard InChI is InChI=1S/C14H15N3O4/c18-13(11-5-3-7-21-11)17-6-2-1-4-10(17)12-9(14(19)20)8-15-16-12/h3,5,7-8,10H,1-2,4,6H2,(H,15,16)(H,19,20). The fraction of sp³-hybridized carbons (Fsp3) is 0.357. The van der Waals surface area contributed by atoms with E-state index in [1.54, 1.807) is 17.0 Å². The van der Waals surface area contributed by atoms with Gasteiger partial charge in [0.25, 0.3) is 5.91 Å². The molecule has 0 bridgehead atoms. The van der Waals surface area contributed by atoms with Crippen LogP contribution in [0.1, 0.15) is 51.9 Å². The summed E-state index contributed by atoms with van der Waals surface area (Å²) in [5.41, 5.74) is 0.584. The topological polar surface area (TPSA) is 99.4 Å². The summed E-state index contributed by atoms with van der Waals surface area (Å²) in [5, 5.41) is 15.8. The van der Waals surface area contributed by atoms with E-state index in [4.69, 9.17) is 4.42 Å². The zero-order valence-corrected chi connectivity index (χ0v) is 11.3. The molecule has 1 fully saturated rings. The third kappa shape index (κ3) is 2.42. The van der Waals surface area contributed by atoms with Gasteiger partial charge in [0.05, 0.1) is 24.2 Å². The molecule has 0 spiro atoms. The normalized spacial score (nSPS) is 18.7. The highest BCUT2D eigenvalue weighted by Gasteiger charge is 2.33. The molecule has 2 aromatic heterocycles. The van der Waals surface area contributed by atoms with Crippen LogP contribution in [0.15, 0.2) is 29.0 Å². The first-order valence-electron chi connectivity index (χ1n) is 6.79. The number of nitrogens with zero attached hydrogens (tertiary/aromatic N) is 2. The Labute approximate surface area is 120 Å². The lowest BCUT2D eigenvalue weighted by Gasteiger charge is -2.34. The van der Waals surface area contributed by atoms with Crippen LogP contribution in [0.3, 0.4) is 0 Å². The lowest BCUT2D eigenvalue weighted by atomic mass is 9.96. The minimum absolute atomic E-state index is 0.110. The molecule has 0 aliphatic carbocycles. The largest absolute Gasteiger partial charge is 0.478 e. The van der Waals surface area contributed by atoms with E-state index in [1.165, 1.54) is 12.5 Å². The number of hydrogen-bond acceptors (Lipinski definition) is 4. The second-order valence-corrected chi connectivity index (χ2v) is 4.99. The molecular weight excluding hydrogens is 274 g/mol. The summed E-state index contributed by atoms with van der Waals surface area (Å²) in [6.45, 7) is 0.572. The number of aromatic carboxylic acids is 1. The van der Waals surface area contributed by atoms with Crippen LogP contribution in [0.25, 0.3) is 0 Å². The summed E-state index contributed by atoms with van der Waals surface area (Å²) in [6, 6.07) is 2.95. The lowest BCUT2D eigenvalue weighted by Crippen LogP contribution is -2.39. The molecular formula is C14H15N3O4. The number of furan rings is 1. The van der Waals surface area contributed by atoms with Gasteiger partial charge in [-0.05, 0) is 31.4 Å². The molecule has 1 aliphatic rings. The number of rotatable bonds is 3. The third-order valence-electron chi connectivity index (χ3n) is 3.73. The summed E-state index contributed by atoms with van der Waals surface area (Å²) in [4.78, 5) is 25.4. The van der Waals surface area contributed by atoms with Crippen molar-refractivity contribution in [3.05, 3.63) is 41.6 Å². The minimum atomic E-state index is -1.05. The molecule has 3 heterocycles. The van der Waals surface area contributed by atoms with Crippen molar-refractivity contribution in [2.75, 3.05) is 6.54 Å². The molecule has 7 heteroatoms. The van der Waals surface area contributed by atoms with E-state index in [0.29, 0.717) is 18.7 Å². The van der Waals surface area contributed by atoms with Crippen molar-refractivity contribution in [1.82, 2.24) is 15.1 Å². The fourth-order valence-electron chi connectivity index (χ4n) is 2.74. The number of aromatic nitrogens is 2. The van der Waals surface area contributed by atoms with E-state index >= 15 is 0 Å². The first-order chi connectivity index (χ1) is 10.2. The van der Waals surface area contributed by atoms with Crippen molar-refractivity contribution < 1.29 is 19.1 Å². The van der Waals surface area contributed by atoms with Gasteiger partial charge in [0.1, 0.15) is 5.56 Å². The van der Waals surface area contributed by atoms with E-state index in [1.807, 2.05) is 0 Å². The van der Waals surface area contributed by atoms with Gasteiger partial charge in [0.15, 0.2) is 5.76 Å². The molecule has 0 radical (unpaired) electrons. The van der Waals surface area contributed by atoms with E-state index in [9.17, 15) is 14.7 Å². The van der Waals surface area contributed by atoms with Gasteiger partial charge in [0.2, 0.25) is 0 Å². The fourth-order valence-corrected chi connectivity index (χ4v) is 2.74. The number of carbonyl (C=O) groups is 2. The maximum absolute atomic E-state index is 12.5. The number of carboxylic acid groups (broad SMARTS) is 1. The SMILES string of the molecule is O=C(O)c1cn[nH]c1C1CCCCN1C(=O)c1ccco1. The first kappa shape index (κ1) is 13.4. The van der Waals surface area contributed by atoms with Gasteiger partial charge in [-0.1, -0.05) is 0 Å². The Balaban J connectivity index is 1.93. The van der Waals surface area contributed by atoms with Crippen LogP contribution in [0.5, 0.6) is 0 Å². The summed E-state index contributed by atoms with van der Waals surface area (Å²) in [5.74, 6) is -1.01. The van der Waals surface area contributed by atoms with Crippen LogP contribution in [-0.4, -0.2) is 38.6 Å². The lowest BCUT2D eigenvalue weighted by molar-refractivity contribution is 0.0561. The number of carbonyl (C=O) groups excluding carboxylic acids is 1. The van der Waals surface area contributed by atoms with E-state index in [0.717, 1.165) is 12.8 Å². The van der Waals surface area contributed by atoms with Gasteiger partial charge < -0.3 is 14.4 Å². The molecule has 1 aliphatic heterocycles. The van der Waals surface area contributed by atoms with Crippen molar-refractivity contribution in [2.45, 2.75) is 25.3 Å². The summed E-state index contributed by atoms with van der Waals surface area (Å²) < 4.78 is 5.16. The van der Waals surface area contributed by atoms with E-state index < -0.39 is 5.97 Å². The van der Waals surface area contributed by atoms with Crippen LogP contribution in [0, 0.1) is 0 Å². The van der Waals surface area contributed by atoms with Crippen molar-refractivity contribution in [3.63, 3.8) is 0 Å². The van der Waals surface area contributed by atoms with Crippen LogP contribution in [0.2, 0.25) is 0 Å². The molecule has 2 aromatic rings. The second-order valence-electron chi connectivity index (χ2n) is 4.99. The van der Waals surface area contributed by atoms with Crippen LogP contribution < -0.4 is 0 Å². The average Bonchev–Trinajstić information content (AvgIpc) is 3.17. The summed E-state index contributed by atoms with van der Waals surface area (Å²) in [7, 11) is 0. The molecule has 3 rings (SSSR count). The summed E-state index contributed by atoms with van der Waals surface area (Å²) >= 11 is 0. The van der Waals surface area contributed by atoms with E-state index in [2.05, 4.69) is 10.2 Å². The highest BCUT2D eigenvalue weighted by Crippen LogP contribution is 2.32. The Morgan fingerprint density at radius 3 is 3.00 bits per heavy atom. The monoisotopic (exact) mass is 289 g/mol. The van der Waals surface area contributed by atoms with Gasteiger partial charge in [-0.15, -0.1) is 0 Å². The number of likely N-dealkylation sites (tertiary alicyclic amines) is 1. The Hall–Kier alpha value is -2.57. The minimum Gasteiger partial charge on any atom is -0.478 e. The molecule has 2 N–H and O–H groups in total. The Kier molecular flexibility index (Phi) is 3.47. The van der Waals surface area contributed by atoms with Crippen molar-refractivity contribution in [1.29, 1.82) is 0 Å². The van der Waals surface area contributed by atoms with E-state index in [-0.39, 0.29) is 23.3 Å². The van der Waals surface area contributed by atoms with Gasteiger partial charge in [0, 0.05) is 6.54 Å².